The van der Waals surface area contributed by atoms with E-state index in [9.17, 15) is 4.79 Å². The largest absolute Gasteiger partial charge is 0.444 e. The van der Waals surface area contributed by atoms with Crippen LogP contribution in [0.3, 0.4) is 0 Å². The fourth-order valence-electron chi connectivity index (χ4n) is 4.34. The van der Waals surface area contributed by atoms with Gasteiger partial charge in [0.05, 0.1) is 30.5 Å². The molecular formula is C24H36N8O3. The smallest absolute Gasteiger partial charge is 0.410 e. The number of carbonyl (C=O) groups excluding carboxylic acids is 1. The minimum Gasteiger partial charge on any atom is -0.444 e. The van der Waals surface area contributed by atoms with E-state index in [4.69, 9.17) is 25.2 Å². The van der Waals surface area contributed by atoms with E-state index >= 15 is 0 Å². The summed E-state index contributed by atoms with van der Waals surface area (Å²) < 4.78 is 11.2. The predicted molar refractivity (Wildman–Crippen MR) is 134 cm³/mol. The number of hydrogen-bond acceptors (Lipinski definition) is 10. The molecule has 0 spiro atoms. The maximum Gasteiger partial charge on any atom is 0.410 e. The lowest BCUT2D eigenvalue weighted by atomic mass is 9.99. The molecule has 0 aromatic carbocycles. The molecule has 0 unspecified atom stereocenters. The van der Waals surface area contributed by atoms with Gasteiger partial charge in [0.2, 0.25) is 11.9 Å². The topological polar surface area (TPSA) is 123 Å². The number of nitrogens with zero attached hydrogens (tertiary/aromatic N) is 7. The highest BCUT2D eigenvalue weighted by atomic mass is 16.6. The molecule has 0 radical (unpaired) electrons. The van der Waals surface area contributed by atoms with Crippen molar-refractivity contribution in [1.82, 2.24) is 24.8 Å². The van der Waals surface area contributed by atoms with Crippen LogP contribution in [-0.2, 0) is 9.47 Å². The number of ether oxygens (including phenoxy) is 2. The number of hydrogen-bond donors (Lipinski definition) is 1. The van der Waals surface area contributed by atoms with Gasteiger partial charge in [0.1, 0.15) is 11.4 Å². The molecule has 4 rings (SSSR count). The highest BCUT2D eigenvalue weighted by molar-refractivity contribution is 5.69. The minimum atomic E-state index is -0.533. The van der Waals surface area contributed by atoms with E-state index in [0.717, 1.165) is 17.8 Å². The number of nitrogens with two attached hydrogens (primary N) is 1. The van der Waals surface area contributed by atoms with Gasteiger partial charge in [0, 0.05) is 50.7 Å². The van der Waals surface area contributed by atoms with Crippen LogP contribution in [0, 0.1) is 0 Å². The van der Waals surface area contributed by atoms with E-state index < -0.39 is 5.60 Å². The van der Waals surface area contributed by atoms with Gasteiger partial charge in [-0.3, -0.25) is 0 Å². The van der Waals surface area contributed by atoms with Gasteiger partial charge in [-0.1, -0.05) is 0 Å². The Morgan fingerprint density at radius 3 is 2.63 bits per heavy atom. The maximum atomic E-state index is 12.7. The van der Waals surface area contributed by atoms with E-state index in [1.807, 2.05) is 33.9 Å². The SMILES string of the molecule is C[C@H]1COCCN1c1nc(-c2cnc(N)nc2)cc(N(C)[C@@]2(C)CCN(C(=O)OC(C)(C)C)C2)n1. The number of likely N-dealkylation sites (N-methyl/N-ethyl adjacent to an activating group) is 1. The van der Waals surface area contributed by atoms with Gasteiger partial charge in [-0.15, -0.1) is 0 Å². The van der Waals surface area contributed by atoms with Gasteiger partial charge in [0.25, 0.3) is 0 Å². The van der Waals surface area contributed by atoms with Crippen LogP contribution in [0.5, 0.6) is 0 Å². The van der Waals surface area contributed by atoms with Crippen LogP contribution in [0.4, 0.5) is 22.5 Å². The molecule has 190 valence electrons. The fourth-order valence-corrected chi connectivity index (χ4v) is 4.34. The first kappa shape index (κ1) is 24.9. The molecule has 11 heteroatoms. The number of aromatic nitrogens is 4. The van der Waals surface area contributed by atoms with Crippen LogP contribution in [0.25, 0.3) is 11.3 Å². The van der Waals surface area contributed by atoms with Crippen molar-refractivity contribution in [2.45, 2.75) is 58.2 Å². The highest BCUT2D eigenvalue weighted by Gasteiger charge is 2.41. The number of rotatable bonds is 4. The van der Waals surface area contributed by atoms with Crippen LogP contribution >= 0.6 is 0 Å². The molecule has 2 aliphatic heterocycles. The molecule has 2 fully saturated rings. The Morgan fingerprint density at radius 1 is 1.26 bits per heavy atom. The molecule has 0 aliphatic carbocycles. The molecule has 11 nitrogen and oxygen atoms in total. The molecule has 4 heterocycles. The Labute approximate surface area is 206 Å². The molecule has 2 aliphatic rings. The Morgan fingerprint density at radius 2 is 1.97 bits per heavy atom. The van der Waals surface area contributed by atoms with Crippen LogP contribution < -0.4 is 15.5 Å². The molecule has 2 atom stereocenters. The Balaban J connectivity index is 1.66. The van der Waals surface area contributed by atoms with E-state index in [0.29, 0.717) is 44.5 Å². The summed E-state index contributed by atoms with van der Waals surface area (Å²) in [5, 5.41) is 0. The highest BCUT2D eigenvalue weighted by Crippen LogP contribution is 2.34. The third-order valence-electron chi connectivity index (χ3n) is 6.55. The molecule has 0 saturated carbocycles. The normalized spacial score (nSPS) is 22.9. The lowest BCUT2D eigenvalue weighted by Gasteiger charge is -2.38. The zero-order valence-electron chi connectivity index (χ0n) is 21.5. The van der Waals surface area contributed by atoms with E-state index in [1.54, 1.807) is 17.3 Å². The van der Waals surface area contributed by atoms with Crippen molar-refractivity contribution in [2.24, 2.45) is 0 Å². The number of carbonyl (C=O) groups is 1. The zero-order chi connectivity index (χ0) is 25.4. The first-order valence-corrected chi connectivity index (χ1v) is 12.0. The summed E-state index contributed by atoms with van der Waals surface area (Å²) in [6, 6.07) is 2.08. The first-order chi connectivity index (χ1) is 16.4. The van der Waals surface area contributed by atoms with Crippen LogP contribution in [-0.4, -0.2) is 88.0 Å². The monoisotopic (exact) mass is 484 g/mol. The Hall–Kier alpha value is -3.21. The molecule has 2 aromatic rings. The van der Waals surface area contributed by atoms with Crippen LogP contribution in [0.1, 0.15) is 41.0 Å². The van der Waals surface area contributed by atoms with Gasteiger partial charge in [-0.2, -0.15) is 4.98 Å². The summed E-state index contributed by atoms with van der Waals surface area (Å²) in [4.78, 5) is 36.8. The number of nitrogen functional groups attached to an aromatic ring is 1. The lowest BCUT2D eigenvalue weighted by Crippen LogP contribution is -2.48. The molecule has 2 saturated heterocycles. The third kappa shape index (κ3) is 5.55. The van der Waals surface area contributed by atoms with Crippen molar-refractivity contribution in [2.75, 3.05) is 55.4 Å². The van der Waals surface area contributed by atoms with Crippen molar-refractivity contribution >= 4 is 23.8 Å². The molecule has 2 N–H and O–H groups in total. The van der Waals surface area contributed by atoms with E-state index in [2.05, 4.69) is 33.6 Å². The summed E-state index contributed by atoms with van der Waals surface area (Å²) in [7, 11) is 2.01. The average molecular weight is 485 g/mol. The van der Waals surface area contributed by atoms with E-state index in [1.165, 1.54) is 0 Å². The molecule has 0 bridgehead atoms. The minimum absolute atomic E-state index is 0.143. The summed E-state index contributed by atoms with van der Waals surface area (Å²) >= 11 is 0. The number of likely N-dealkylation sites (tertiary alicyclic amines) is 1. The van der Waals surface area contributed by atoms with Crippen molar-refractivity contribution in [1.29, 1.82) is 0 Å². The second-order valence-corrected chi connectivity index (χ2v) is 10.6. The van der Waals surface area contributed by atoms with E-state index in [-0.39, 0.29) is 23.6 Å². The van der Waals surface area contributed by atoms with Gasteiger partial charge >= 0.3 is 6.09 Å². The van der Waals surface area contributed by atoms with Crippen molar-refractivity contribution in [3.63, 3.8) is 0 Å². The number of morpholine rings is 1. The van der Waals surface area contributed by atoms with Crippen LogP contribution in [0.15, 0.2) is 18.5 Å². The Kier molecular flexibility index (Phi) is 6.72. The number of anilines is 3. The zero-order valence-corrected chi connectivity index (χ0v) is 21.5. The Bertz CT molecular complexity index is 1060. The first-order valence-electron chi connectivity index (χ1n) is 12.0. The van der Waals surface area contributed by atoms with Crippen molar-refractivity contribution < 1.29 is 14.3 Å². The quantitative estimate of drug-likeness (QED) is 0.692. The summed E-state index contributed by atoms with van der Waals surface area (Å²) in [5.41, 5.74) is 6.30. The second-order valence-electron chi connectivity index (χ2n) is 10.6. The second kappa shape index (κ2) is 9.44. The standard InChI is InChI=1S/C24H36N8O3/c1-16-14-34-10-9-32(16)21-28-18(17-12-26-20(25)27-13-17)11-19(29-21)30(6)24(5)7-8-31(15-24)22(33)35-23(2,3)4/h11-13,16H,7-10,14-15H2,1-6H3,(H2,25,26,27)/t16-,24-/m0/s1. The summed E-state index contributed by atoms with van der Waals surface area (Å²) in [6.07, 6.45) is 3.83. The molecule has 2 aromatic heterocycles. The average Bonchev–Trinajstić information content (AvgIpc) is 3.21. The van der Waals surface area contributed by atoms with Gasteiger partial charge < -0.3 is 29.9 Å². The predicted octanol–water partition coefficient (Wildman–Crippen LogP) is 2.58. The van der Waals surface area contributed by atoms with Crippen molar-refractivity contribution in [3.05, 3.63) is 18.5 Å². The maximum absolute atomic E-state index is 12.7. The van der Waals surface area contributed by atoms with Gasteiger partial charge in [0.15, 0.2) is 0 Å². The summed E-state index contributed by atoms with van der Waals surface area (Å²) in [5.74, 6) is 1.60. The molecule has 35 heavy (non-hydrogen) atoms. The molecule has 1 amide bonds. The van der Waals surface area contributed by atoms with Gasteiger partial charge in [-0.05, 0) is 41.0 Å². The summed E-state index contributed by atoms with van der Waals surface area (Å²) in [6.45, 7) is 13.0. The lowest BCUT2D eigenvalue weighted by molar-refractivity contribution is 0.0286. The van der Waals surface area contributed by atoms with Gasteiger partial charge in [-0.25, -0.2) is 19.7 Å². The third-order valence-corrected chi connectivity index (χ3v) is 6.55. The van der Waals surface area contributed by atoms with Crippen LogP contribution in [0.2, 0.25) is 0 Å². The van der Waals surface area contributed by atoms with Crippen molar-refractivity contribution in [3.8, 4) is 11.3 Å². The number of amides is 1. The molecular weight excluding hydrogens is 448 g/mol. The fraction of sp³-hybridized carbons (Fsp3) is 0.625.